The highest BCUT2D eigenvalue weighted by Crippen LogP contribution is 2.32. The summed E-state index contributed by atoms with van der Waals surface area (Å²) in [6.45, 7) is 7.57. The average Bonchev–Trinajstić information content (AvgIpc) is 2.78. The van der Waals surface area contributed by atoms with Gasteiger partial charge in [0.05, 0.1) is 11.7 Å². The largest absolute Gasteiger partial charge is 0.349 e. The van der Waals surface area contributed by atoms with Gasteiger partial charge < -0.3 is 9.88 Å². The Morgan fingerprint density at radius 1 is 1.33 bits per heavy atom. The Morgan fingerprint density at radius 3 is 2.95 bits per heavy atom. The molecule has 3 heteroatoms. The van der Waals surface area contributed by atoms with Crippen LogP contribution in [0.2, 0.25) is 0 Å². The Labute approximate surface area is 127 Å². The maximum absolute atomic E-state index is 4.68. The van der Waals surface area contributed by atoms with Crippen molar-refractivity contribution in [2.45, 2.75) is 52.6 Å². The maximum atomic E-state index is 4.68. The molecule has 1 heterocycles. The molecule has 0 saturated carbocycles. The molecule has 0 spiro atoms. The molecule has 112 valence electrons. The molecule has 1 atom stereocenters. The van der Waals surface area contributed by atoms with E-state index in [0.29, 0.717) is 12.0 Å². The third kappa shape index (κ3) is 3.12. The number of aryl methyl sites for hydroxylation is 2. The molecule has 0 saturated heterocycles. The van der Waals surface area contributed by atoms with E-state index >= 15 is 0 Å². The molecule has 3 nitrogen and oxygen atoms in total. The highest BCUT2D eigenvalue weighted by molar-refractivity contribution is 5.39. The molecule has 0 radical (unpaired) electrons. The molecule has 0 amide bonds. The van der Waals surface area contributed by atoms with Gasteiger partial charge in [0.25, 0.3) is 0 Å². The van der Waals surface area contributed by atoms with Crippen molar-refractivity contribution in [1.82, 2.24) is 9.55 Å². The first-order valence-electron chi connectivity index (χ1n) is 8.01. The van der Waals surface area contributed by atoms with Crippen LogP contribution in [-0.2, 0) is 13.0 Å². The number of hydrogen-bond acceptors (Lipinski definition) is 2. The molecule has 1 N–H and O–H groups in total. The number of benzene rings is 1. The van der Waals surface area contributed by atoms with Gasteiger partial charge in [-0.15, -0.1) is 0 Å². The van der Waals surface area contributed by atoms with Crippen molar-refractivity contribution in [2.24, 2.45) is 5.92 Å². The summed E-state index contributed by atoms with van der Waals surface area (Å²) in [5, 5.41) is 3.68. The molecule has 3 rings (SSSR count). The van der Waals surface area contributed by atoms with Crippen LogP contribution >= 0.6 is 0 Å². The number of anilines is 1. The van der Waals surface area contributed by atoms with Crippen LogP contribution in [-0.4, -0.2) is 9.55 Å². The van der Waals surface area contributed by atoms with Crippen LogP contribution in [0.3, 0.4) is 0 Å². The first kappa shape index (κ1) is 14.2. The fraction of sp³-hybridized carbons (Fsp3) is 0.500. The quantitative estimate of drug-likeness (QED) is 0.904. The van der Waals surface area contributed by atoms with E-state index in [4.69, 9.17) is 0 Å². The van der Waals surface area contributed by atoms with E-state index in [1.54, 1.807) is 0 Å². The van der Waals surface area contributed by atoms with Gasteiger partial charge in [-0.2, -0.15) is 0 Å². The lowest BCUT2D eigenvalue weighted by atomic mass is 9.88. The predicted octanol–water partition coefficient (Wildman–Crippen LogP) is 4.34. The number of nitrogens with one attached hydrogen (secondary N) is 1. The zero-order valence-electron chi connectivity index (χ0n) is 13.3. The van der Waals surface area contributed by atoms with Gasteiger partial charge in [-0.25, -0.2) is 4.98 Å². The number of imidazole rings is 1. The summed E-state index contributed by atoms with van der Waals surface area (Å²) in [5.74, 6) is 1.64. The smallest absolute Gasteiger partial charge is 0.203 e. The van der Waals surface area contributed by atoms with E-state index < -0.39 is 0 Å². The van der Waals surface area contributed by atoms with Crippen LogP contribution in [0.25, 0.3) is 0 Å². The minimum Gasteiger partial charge on any atom is -0.349 e. The second kappa shape index (κ2) is 5.92. The summed E-state index contributed by atoms with van der Waals surface area (Å²) in [6.07, 6.45) is 5.79. The van der Waals surface area contributed by atoms with E-state index in [0.717, 1.165) is 18.2 Å². The lowest BCUT2D eigenvalue weighted by Gasteiger charge is -2.27. The van der Waals surface area contributed by atoms with Crippen molar-refractivity contribution in [3.63, 3.8) is 0 Å². The minimum absolute atomic E-state index is 0.391. The zero-order valence-corrected chi connectivity index (χ0v) is 13.3. The fourth-order valence-electron chi connectivity index (χ4n) is 3.25. The number of aromatic nitrogens is 2. The summed E-state index contributed by atoms with van der Waals surface area (Å²) >= 11 is 0. The van der Waals surface area contributed by atoms with Crippen LogP contribution in [0.4, 0.5) is 5.95 Å². The Hall–Kier alpha value is -1.77. The highest BCUT2D eigenvalue weighted by Gasteiger charge is 2.21. The van der Waals surface area contributed by atoms with Crippen molar-refractivity contribution in [2.75, 3.05) is 5.32 Å². The SMILES string of the molecule is Cc1cn(CC(C)C)c(NC2CCCc3ccccc32)n1. The summed E-state index contributed by atoms with van der Waals surface area (Å²) in [7, 11) is 0. The Kier molecular flexibility index (Phi) is 4.00. The Morgan fingerprint density at radius 2 is 2.14 bits per heavy atom. The number of hydrogen-bond donors (Lipinski definition) is 1. The van der Waals surface area contributed by atoms with Gasteiger partial charge in [0.2, 0.25) is 5.95 Å². The second-order valence-electron chi connectivity index (χ2n) is 6.54. The van der Waals surface area contributed by atoms with Crippen LogP contribution in [0.15, 0.2) is 30.5 Å². The van der Waals surface area contributed by atoms with Crippen molar-refractivity contribution < 1.29 is 0 Å². The summed E-state index contributed by atoms with van der Waals surface area (Å²) in [5.41, 5.74) is 4.02. The van der Waals surface area contributed by atoms with Crippen molar-refractivity contribution in [3.05, 3.63) is 47.3 Å². The lowest BCUT2D eigenvalue weighted by Crippen LogP contribution is -2.20. The van der Waals surface area contributed by atoms with Gasteiger partial charge in [-0.1, -0.05) is 38.1 Å². The molecule has 1 aliphatic carbocycles. The molecule has 1 unspecified atom stereocenters. The van der Waals surface area contributed by atoms with Gasteiger partial charge in [0.1, 0.15) is 0 Å². The molecule has 1 aromatic carbocycles. The summed E-state index contributed by atoms with van der Waals surface area (Å²) < 4.78 is 2.26. The third-order valence-corrected chi connectivity index (χ3v) is 4.13. The van der Waals surface area contributed by atoms with Gasteiger partial charge in [-0.3, -0.25) is 0 Å². The summed E-state index contributed by atoms with van der Waals surface area (Å²) in [4.78, 5) is 4.68. The molecular weight excluding hydrogens is 258 g/mol. The van der Waals surface area contributed by atoms with E-state index in [2.05, 4.69) is 66.1 Å². The number of rotatable bonds is 4. The molecule has 0 fully saturated rings. The maximum Gasteiger partial charge on any atom is 0.203 e. The normalized spacial score (nSPS) is 17.8. The van der Waals surface area contributed by atoms with E-state index in [1.807, 2.05) is 0 Å². The first-order valence-corrected chi connectivity index (χ1v) is 8.01. The topological polar surface area (TPSA) is 29.9 Å². The van der Waals surface area contributed by atoms with Crippen molar-refractivity contribution in [3.8, 4) is 0 Å². The zero-order chi connectivity index (χ0) is 14.8. The van der Waals surface area contributed by atoms with E-state index in [1.165, 1.54) is 30.4 Å². The third-order valence-electron chi connectivity index (χ3n) is 4.13. The lowest BCUT2D eigenvalue weighted by molar-refractivity contribution is 0.519. The van der Waals surface area contributed by atoms with Gasteiger partial charge in [0, 0.05) is 12.7 Å². The summed E-state index contributed by atoms with van der Waals surface area (Å²) in [6, 6.07) is 9.20. The van der Waals surface area contributed by atoms with Crippen LogP contribution in [0, 0.1) is 12.8 Å². The average molecular weight is 283 g/mol. The number of nitrogens with zero attached hydrogens (tertiary/aromatic N) is 2. The Balaban J connectivity index is 1.85. The van der Waals surface area contributed by atoms with Gasteiger partial charge in [-0.05, 0) is 43.2 Å². The Bertz CT molecular complexity index is 613. The van der Waals surface area contributed by atoms with Gasteiger partial charge >= 0.3 is 0 Å². The second-order valence-corrected chi connectivity index (χ2v) is 6.54. The molecule has 1 aliphatic rings. The fourth-order valence-corrected chi connectivity index (χ4v) is 3.25. The molecule has 2 aromatic rings. The molecular formula is C18H25N3. The van der Waals surface area contributed by atoms with E-state index in [9.17, 15) is 0 Å². The molecule has 1 aromatic heterocycles. The van der Waals surface area contributed by atoms with Crippen LogP contribution in [0.5, 0.6) is 0 Å². The van der Waals surface area contributed by atoms with Gasteiger partial charge in [0.15, 0.2) is 0 Å². The molecule has 21 heavy (non-hydrogen) atoms. The predicted molar refractivity (Wildman–Crippen MR) is 87.5 cm³/mol. The van der Waals surface area contributed by atoms with Crippen molar-refractivity contribution in [1.29, 1.82) is 0 Å². The minimum atomic E-state index is 0.391. The van der Waals surface area contributed by atoms with Crippen LogP contribution in [0.1, 0.15) is 49.6 Å². The van der Waals surface area contributed by atoms with Crippen LogP contribution < -0.4 is 5.32 Å². The number of fused-ring (bicyclic) bond motifs is 1. The monoisotopic (exact) mass is 283 g/mol. The molecule has 0 aliphatic heterocycles. The van der Waals surface area contributed by atoms with E-state index in [-0.39, 0.29) is 0 Å². The van der Waals surface area contributed by atoms with Crippen molar-refractivity contribution >= 4 is 5.95 Å². The highest BCUT2D eigenvalue weighted by atomic mass is 15.2. The first-order chi connectivity index (χ1) is 10.1. The standard InChI is InChI=1S/C18H25N3/c1-13(2)11-21-12-14(3)19-18(21)20-17-10-6-8-15-7-4-5-9-16(15)17/h4-5,7,9,12-13,17H,6,8,10-11H2,1-3H3,(H,19,20). The molecule has 0 bridgehead atoms.